The van der Waals surface area contributed by atoms with Crippen LogP contribution in [0.2, 0.25) is 0 Å². The van der Waals surface area contributed by atoms with Crippen LogP contribution in [-0.2, 0) is 6.42 Å². The van der Waals surface area contributed by atoms with Crippen LogP contribution in [0.1, 0.15) is 50.7 Å². The standard InChI is InChI=1S/C16H25N/c1-4-14-11-16(10-9-12(14)2)17-13(3)15-7-5-6-8-15/h9-11,13,15,17H,4-8H2,1-3H3. The highest BCUT2D eigenvalue weighted by Crippen LogP contribution is 2.29. The average Bonchev–Trinajstić information content (AvgIpc) is 2.85. The molecule has 0 spiro atoms. The molecule has 0 aliphatic heterocycles. The minimum absolute atomic E-state index is 0.616. The van der Waals surface area contributed by atoms with Crippen LogP contribution >= 0.6 is 0 Å². The van der Waals surface area contributed by atoms with Crippen molar-refractivity contribution in [3.63, 3.8) is 0 Å². The Morgan fingerprint density at radius 1 is 1.29 bits per heavy atom. The summed E-state index contributed by atoms with van der Waals surface area (Å²) >= 11 is 0. The quantitative estimate of drug-likeness (QED) is 0.801. The summed E-state index contributed by atoms with van der Waals surface area (Å²) < 4.78 is 0. The zero-order valence-electron chi connectivity index (χ0n) is 11.4. The van der Waals surface area contributed by atoms with Gasteiger partial charge in [0, 0.05) is 11.7 Å². The average molecular weight is 231 g/mol. The molecule has 1 N–H and O–H groups in total. The number of nitrogens with one attached hydrogen (secondary N) is 1. The minimum atomic E-state index is 0.616. The van der Waals surface area contributed by atoms with E-state index in [2.05, 4.69) is 44.3 Å². The van der Waals surface area contributed by atoms with Gasteiger partial charge < -0.3 is 5.32 Å². The third-order valence-electron chi connectivity index (χ3n) is 4.23. The summed E-state index contributed by atoms with van der Waals surface area (Å²) in [7, 11) is 0. The van der Waals surface area contributed by atoms with Crippen LogP contribution in [0.4, 0.5) is 5.69 Å². The second-order valence-electron chi connectivity index (χ2n) is 5.47. The molecule has 1 atom stereocenters. The van der Waals surface area contributed by atoms with E-state index in [0.717, 1.165) is 12.3 Å². The van der Waals surface area contributed by atoms with Crippen molar-refractivity contribution in [2.75, 3.05) is 5.32 Å². The summed E-state index contributed by atoms with van der Waals surface area (Å²) in [5.41, 5.74) is 4.17. The number of rotatable bonds is 4. The Bertz CT molecular complexity index is 364. The van der Waals surface area contributed by atoms with Gasteiger partial charge in [0.25, 0.3) is 0 Å². The summed E-state index contributed by atoms with van der Waals surface area (Å²) in [5, 5.41) is 3.69. The van der Waals surface area contributed by atoms with Crippen LogP contribution in [0.15, 0.2) is 18.2 Å². The lowest BCUT2D eigenvalue weighted by Crippen LogP contribution is -2.23. The van der Waals surface area contributed by atoms with Gasteiger partial charge in [-0.05, 0) is 62.3 Å². The van der Waals surface area contributed by atoms with Crippen LogP contribution in [0.5, 0.6) is 0 Å². The minimum Gasteiger partial charge on any atom is -0.382 e. The molecule has 1 aliphatic carbocycles. The van der Waals surface area contributed by atoms with E-state index < -0.39 is 0 Å². The fourth-order valence-corrected chi connectivity index (χ4v) is 2.98. The first-order valence-electron chi connectivity index (χ1n) is 7.06. The van der Waals surface area contributed by atoms with Crippen molar-refractivity contribution in [1.29, 1.82) is 0 Å². The van der Waals surface area contributed by atoms with E-state index in [1.807, 2.05) is 0 Å². The van der Waals surface area contributed by atoms with Crippen molar-refractivity contribution < 1.29 is 0 Å². The molecule has 0 radical (unpaired) electrons. The molecule has 0 bridgehead atoms. The van der Waals surface area contributed by atoms with Gasteiger partial charge in [0.05, 0.1) is 0 Å². The molecule has 1 aromatic rings. The molecular weight excluding hydrogens is 206 g/mol. The van der Waals surface area contributed by atoms with Crippen molar-refractivity contribution in [3.8, 4) is 0 Å². The lowest BCUT2D eigenvalue weighted by atomic mass is 9.99. The van der Waals surface area contributed by atoms with E-state index in [9.17, 15) is 0 Å². The van der Waals surface area contributed by atoms with Crippen LogP contribution in [-0.4, -0.2) is 6.04 Å². The predicted octanol–water partition coefficient (Wildman–Crippen LogP) is 4.55. The largest absolute Gasteiger partial charge is 0.382 e. The van der Waals surface area contributed by atoms with Gasteiger partial charge in [-0.25, -0.2) is 0 Å². The maximum absolute atomic E-state index is 3.69. The molecule has 0 amide bonds. The summed E-state index contributed by atoms with van der Waals surface area (Å²) in [4.78, 5) is 0. The molecule has 0 heterocycles. The highest BCUT2D eigenvalue weighted by molar-refractivity contribution is 5.49. The third kappa shape index (κ3) is 3.02. The van der Waals surface area contributed by atoms with Gasteiger partial charge in [0.15, 0.2) is 0 Å². The van der Waals surface area contributed by atoms with Crippen LogP contribution in [0.3, 0.4) is 0 Å². The van der Waals surface area contributed by atoms with Gasteiger partial charge in [0.1, 0.15) is 0 Å². The molecule has 1 aromatic carbocycles. The fourth-order valence-electron chi connectivity index (χ4n) is 2.98. The maximum Gasteiger partial charge on any atom is 0.0345 e. The maximum atomic E-state index is 3.69. The summed E-state index contributed by atoms with van der Waals surface area (Å²) in [6.45, 7) is 6.76. The molecule has 17 heavy (non-hydrogen) atoms. The Labute approximate surface area is 106 Å². The first kappa shape index (κ1) is 12.5. The van der Waals surface area contributed by atoms with E-state index in [4.69, 9.17) is 0 Å². The van der Waals surface area contributed by atoms with Gasteiger partial charge in [-0.3, -0.25) is 0 Å². The smallest absolute Gasteiger partial charge is 0.0345 e. The summed E-state index contributed by atoms with van der Waals surface area (Å²) in [5.74, 6) is 0.876. The van der Waals surface area contributed by atoms with Gasteiger partial charge in [0.2, 0.25) is 0 Å². The Kier molecular flexibility index (Phi) is 4.09. The molecule has 2 rings (SSSR count). The van der Waals surface area contributed by atoms with E-state index in [-0.39, 0.29) is 0 Å². The molecule has 1 fully saturated rings. The molecule has 1 nitrogen and oxygen atoms in total. The molecule has 1 saturated carbocycles. The van der Waals surface area contributed by atoms with Gasteiger partial charge >= 0.3 is 0 Å². The number of hydrogen-bond acceptors (Lipinski definition) is 1. The van der Waals surface area contributed by atoms with Gasteiger partial charge in [-0.2, -0.15) is 0 Å². The number of anilines is 1. The van der Waals surface area contributed by atoms with Gasteiger partial charge in [-0.15, -0.1) is 0 Å². The zero-order valence-corrected chi connectivity index (χ0v) is 11.4. The lowest BCUT2D eigenvalue weighted by molar-refractivity contribution is 0.482. The molecule has 1 aliphatic rings. The second-order valence-corrected chi connectivity index (χ2v) is 5.47. The molecule has 94 valence electrons. The molecule has 1 heteroatoms. The number of aryl methyl sites for hydroxylation is 2. The SMILES string of the molecule is CCc1cc(NC(C)C2CCCC2)ccc1C. The first-order valence-corrected chi connectivity index (χ1v) is 7.06. The highest BCUT2D eigenvalue weighted by Gasteiger charge is 2.21. The monoisotopic (exact) mass is 231 g/mol. The Hall–Kier alpha value is -0.980. The highest BCUT2D eigenvalue weighted by atomic mass is 14.9. The Morgan fingerprint density at radius 2 is 2.00 bits per heavy atom. The van der Waals surface area contributed by atoms with Crippen molar-refractivity contribution in [2.24, 2.45) is 5.92 Å². The van der Waals surface area contributed by atoms with E-state index in [0.29, 0.717) is 6.04 Å². The van der Waals surface area contributed by atoms with Crippen LogP contribution in [0.25, 0.3) is 0 Å². The van der Waals surface area contributed by atoms with E-state index in [1.54, 1.807) is 0 Å². The van der Waals surface area contributed by atoms with Crippen molar-refractivity contribution >= 4 is 5.69 Å². The third-order valence-corrected chi connectivity index (χ3v) is 4.23. The Balaban J connectivity index is 2.02. The lowest BCUT2D eigenvalue weighted by Gasteiger charge is -2.22. The van der Waals surface area contributed by atoms with Crippen molar-refractivity contribution in [3.05, 3.63) is 29.3 Å². The van der Waals surface area contributed by atoms with E-state index >= 15 is 0 Å². The molecule has 0 saturated heterocycles. The Morgan fingerprint density at radius 3 is 2.65 bits per heavy atom. The second kappa shape index (κ2) is 5.57. The fraction of sp³-hybridized carbons (Fsp3) is 0.625. The van der Waals surface area contributed by atoms with E-state index in [1.165, 1.54) is 42.5 Å². The number of hydrogen-bond donors (Lipinski definition) is 1. The van der Waals surface area contributed by atoms with Crippen molar-refractivity contribution in [1.82, 2.24) is 0 Å². The first-order chi connectivity index (χ1) is 8.20. The summed E-state index contributed by atoms with van der Waals surface area (Å²) in [6, 6.07) is 7.40. The molecule has 1 unspecified atom stereocenters. The topological polar surface area (TPSA) is 12.0 Å². The molecule has 0 aromatic heterocycles. The van der Waals surface area contributed by atoms with Gasteiger partial charge in [-0.1, -0.05) is 25.8 Å². The number of benzene rings is 1. The normalized spacial score (nSPS) is 18.3. The molecular formula is C16H25N. The summed E-state index contributed by atoms with van der Waals surface area (Å²) in [6.07, 6.45) is 6.77. The van der Waals surface area contributed by atoms with Crippen LogP contribution < -0.4 is 5.32 Å². The zero-order chi connectivity index (χ0) is 12.3. The van der Waals surface area contributed by atoms with Crippen LogP contribution in [0, 0.1) is 12.8 Å². The van der Waals surface area contributed by atoms with Crippen molar-refractivity contribution in [2.45, 2.75) is 58.9 Å². The predicted molar refractivity (Wildman–Crippen MR) is 75.6 cm³/mol.